The summed E-state index contributed by atoms with van der Waals surface area (Å²) in [5.74, 6) is 0.487. The fourth-order valence-electron chi connectivity index (χ4n) is 2.44. The molecule has 2 rings (SSSR count). The van der Waals surface area contributed by atoms with E-state index in [0.717, 1.165) is 5.02 Å². The van der Waals surface area contributed by atoms with E-state index in [2.05, 4.69) is 71.0 Å². The van der Waals surface area contributed by atoms with E-state index in [0.29, 0.717) is 5.92 Å². The largest absolute Gasteiger partial charge is 0.0843 e. The normalized spacial score (nSPS) is 11.9. The van der Waals surface area contributed by atoms with Gasteiger partial charge in [0.25, 0.3) is 0 Å². The number of hydrogen-bond donors (Lipinski definition) is 0. The van der Waals surface area contributed by atoms with Crippen molar-refractivity contribution in [2.24, 2.45) is 0 Å². The van der Waals surface area contributed by atoms with E-state index in [1.54, 1.807) is 0 Å². The standard InChI is InChI=1S/C19H23Cl/c1-13(2)17-10-9-16(20)12-18(17)14-7-6-8-15(11-14)19(3,4)5/h6-13H,1-5H3. The molecule has 0 spiro atoms. The Labute approximate surface area is 127 Å². The highest BCUT2D eigenvalue weighted by atomic mass is 35.5. The van der Waals surface area contributed by atoms with Crippen molar-refractivity contribution in [3.05, 3.63) is 58.6 Å². The lowest BCUT2D eigenvalue weighted by atomic mass is 9.84. The highest BCUT2D eigenvalue weighted by Crippen LogP contribution is 2.34. The number of hydrogen-bond acceptors (Lipinski definition) is 0. The van der Waals surface area contributed by atoms with E-state index < -0.39 is 0 Å². The van der Waals surface area contributed by atoms with Crippen LogP contribution in [0.4, 0.5) is 0 Å². The minimum Gasteiger partial charge on any atom is -0.0843 e. The molecule has 0 aliphatic heterocycles. The summed E-state index contributed by atoms with van der Waals surface area (Å²) in [6.45, 7) is 11.2. The van der Waals surface area contributed by atoms with Crippen LogP contribution in [0.3, 0.4) is 0 Å². The van der Waals surface area contributed by atoms with Gasteiger partial charge in [-0.15, -0.1) is 0 Å². The van der Waals surface area contributed by atoms with Crippen LogP contribution in [0.15, 0.2) is 42.5 Å². The molecule has 0 saturated carbocycles. The van der Waals surface area contributed by atoms with Gasteiger partial charge in [0.15, 0.2) is 0 Å². The van der Waals surface area contributed by atoms with Gasteiger partial charge >= 0.3 is 0 Å². The third kappa shape index (κ3) is 3.24. The predicted octanol–water partition coefficient (Wildman–Crippen LogP) is 6.43. The fraction of sp³-hybridized carbons (Fsp3) is 0.368. The van der Waals surface area contributed by atoms with Crippen LogP contribution in [0.25, 0.3) is 11.1 Å². The lowest BCUT2D eigenvalue weighted by Crippen LogP contribution is -2.10. The van der Waals surface area contributed by atoms with Crippen molar-refractivity contribution in [1.82, 2.24) is 0 Å². The number of halogens is 1. The van der Waals surface area contributed by atoms with Gasteiger partial charge in [-0.05, 0) is 45.7 Å². The molecule has 0 unspecified atom stereocenters. The molecule has 0 heterocycles. The molecule has 2 aromatic rings. The maximum Gasteiger partial charge on any atom is 0.0412 e. The second-order valence-electron chi connectivity index (χ2n) is 6.72. The summed E-state index contributed by atoms with van der Waals surface area (Å²) in [6.07, 6.45) is 0. The van der Waals surface area contributed by atoms with Crippen LogP contribution < -0.4 is 0 Å². The molecule has 0 fully saturated rings. The summed E-state index contributed by atoms with van der Waals surface area (Å²) < 4.78 is 0. The lowest BCUT2D eigenvalue weighted by Gasteiger charge is -2.21. The quantitative estimate of drug-likeness (QED) is 0.597. The van der Waals surface area contributed by atoms with Crippen molar-refractivity contribution in [3.63, 3.8) is 0 Å². The Morgan fingerprint density at radius 3 is 2.25 bits per heavy atom. The second kappa shape index (κ2) is 5.61. The van der Waals surface area contributed by atoms with Gasteiger partial charge in [-0.1, -0.05) is 76.6 Å². The van der Waals surface area contributed by atoms with Crippen molar-refractivity contribution in [3.8, 4) is 11.1 Å². The Hall–Kier alpha value is -1.27. The van der Waals surface area contributed by atoms with Crippen LogP contribution >= 0.6 is 11.6 Å². The van der Waals surface area contributed by atoms with Crippen LogP contribution in [-0.4, -0.2) is 0 Å². The SMILES string of the molecule is CC(C)c1ccc(Cl)cc1-c1cccc(C(C)(C)C)c1. The maximum atomic E-state index is 6.20. The highest BCUT2D eigenvalue weighted by Gasteiger charge is 2.15. The summed E-state index contributed by atoms with van der Waals surface area (Å²) in [5, 5.41) is 0.797. The number of benzene rings is 2. The molecule has 20 heavy (non-hydrogen) atoms. The third-order valence-corrected chi connectivity index (χ3v) is 3.91. The van der Waals surface area contributed by atoms with E-state index >= 15 is 0 Å². The first-order valence-electron chi connectivity index (χ1n) is 7.19. The molecule has 2 aromatic carbocycles. The average Bonchev–Trinajstić information content (AvgIpc) is 2.37. The predicted molar refractivity (Wildman–Crippen MR) is 89.7 cm³/mol. The van der Waals surface area contributed by atoms with Crippen molar-refractivity contribution >= 4 is 11.6 Å². The summed E-state index contributed by atoms with van der Waals surface area (Å²) in [7, 11) is 0. The molecule has 106 valence electrons. The Morgan fingerprint density at radius 2 is 1.65 bits per heavy atom. The summed E-state index contributed by atoms with van der Waals surface area (Å²) >= 11 is 6.20. The van der Waals surface area contributed by atoms with Crippen molar-refractivity contribution < 1.29 is 0 Å². The molecule has 0 aliphatic carbocycles. The fourth-order valence-corrected chi connectivity index (χ4v) is 2.61. The van der Waals surface area contributed by atoms with Crippen LogP contribution in [0.5, 0.6) is 0 Å². The Balaban J connectivity index is 2.59. The van der Waals surface area contributed by atoms with Gasteiger partial charge in [-0.3, -0.25) is 0 Å². The Morgan fingerprint density at radius 1 is 0.950 bits per heavy atom. The first kappa shape index (κ1) is 15.1. The minimum absolute atomic E-state index is 0.159. The topological polar surface area (TPSA) is 0 Å². The minimum atomic E-state index is 0.159. The molecule has 0 aromatic heterocycles. The van der Waals surface area contributed by atoms with Crippen LogP contribution in [0, 0.1) is 0 Å². The van der Waals surface area contributed by atoms with Crippen molar-refractivity contribution in [2.45, 2.75) is 46.0 Å². The van der Waals surface area contributed by atoms with E-state index in [1.807, 2.05) is 6.07 Å². The smallest absolute Gasteiger partial charge is 0.0412 e. The van der Waals surface area contributed by atoms with E-state index in [9.17, 15) is 0 Å². The molecule has 0 radical (unpaired) electrons. The van der Waals surface area contributed by atoms with Crippen LogP contribution in [-0.2, 0) is 5.41 Å². The highest BCUT2D eigenvalue weighted by molar-refractivity contribution is 6.30. The monoisotopic (exact) mass is 286 g/mol. The van der Waals surface area contributed by atoms with Gasteiger partial charge in [-0.25, -0.2) is 0 Å². The Bertz CT molecular complexity index is 603. The van der Waals surface area contributed by atoms with E-state index in [1.165, 1.54) is 22.3 Å². The molecular formula is C19H23Cl. The van der Waals surface area contributed by atoms with Gasteiger partial charge in [-0.2, -0.15) is 0 Å². The zero-order chi connectivity index (χ0) is 14.9. The third-order valence-electron chi connectivity index (χ3n) is 3.68. The molecule has 0 nitrogen and oxygen atoms in total. The maximum absolute atomic E-state index is 6.20. The van der Waals surface area contributed by atoms with Gasteiger partial charge in [0.2, 0.25) is 0 Å². The first-order valence-corrected chi connectivity index (χ1v) is 7.57. The summed E-state index contributed by atoms with van der Waals surface area (Å²) in [4.78, 5) is 0. The molecule has 0 bridgehead atoms. The number of rotatable bonds is 2. The lowest BCUT2D eigenvalue weighted by molar-refractivity contribution is 0.590. The van der Waals surface area contributed by atoms with Gasteiger partial charge in [0.1, 0.15) is 0 Å². The second-order valence-corrected chi connectivity index (χ2v) is 7.15. The van der Waals surface area contributed by atoms with Crippen molar-refractivity contribution in [2.75, 3.05) is 0 Å². The van der Waals surface area contributed by atoms with E-state index in [-0.39, 0.29) is 5.41 Å². The molecule has 1 heteroatoms. The van der Waals surface area contributed by atoms with Crippen molar-refractivity contribution in [1.29, 1.82) is 0 Å². The zero-order valence-corrected chi connectivity index (χ0v) is 13.8. The summed E-state index contributed by atoms with van der Waals surface area (Å²) in [5.41, 5.74) is 5.36. The summed E-state index contributed by atoms with van der Waals surface area (Å²) in [6, 6.07) is 15.0. The molecular weight excluding hydrogens is 264 g/mol. The van der Waals surface area contributed by atoms with E-state index in [4.69, 9.17) is 11.6 Å². The zero-order valence-electron chi connectivity index (χ0n) is 13.0. The molecule has 0 atom stereocenters. The van der Waals surface area contributed by atoms with Gasteiger partial charge in [0.05, 0.1) is 0 Å². The molecule has 0 amide bonds. The van der Waals surface area contributed by atoms with Gasteiger partial charge in [0, 0.05) is 5.02 Å². The molecule has 0 saturated heterocycles. The van der Waals surface area contributed by atoms with Crippen LogP contribution in [0.1, 0.15) is 51.7 Å². The van der Waals surface area contributed by atoms with Crippen LogP contribution in [0.2, 0.25) is 5.02 Å². The Kier molecular flexibility index (Phi) is 4.25. The molecule has 0 aliphatic rings. The van der Waals surface area contributed by atoms with Gasteiger partial charge < -0.3 is 0 Å². The molecule has 0 N–H and O–H groups in total. The first-order chi connectivity index (χ1) is 9.29. The average molecular weight is 287 g/mol.